The number of hydrogen-bond donors (Lipinski definition) is 1. The smallest absolute Gasteiger partial charge is 0.157 e. The van der Waals surface area contributed by atoms with Gasteiger partial charge in [-0.25, -0.2) is 0 Å². The van der Waals surface area contributed by atoms with Gasteiger partial charge in [0.05, 0.1) is 12.2 Å². The monoisotopic (exact) mass is 258 g/mol. The molecule has 0 radical (unpaired) electrons. The maximum Gasteiger partial charge on any atom is 0.157 e. The fourth-order valence-electron chi connectivity index (χ4n) is 2.66. The van der Waals surface area contributed by atoms with Crippen LogP contribution in [-0.4, -0.2) is 44.9 Å². The molecule has 0 aromatic carbocycles. The molecule has 0 saturated heterocycles. The van der Waals surface area contributed by atoms with Gasteiger partial charge in [0.15, 0.2) is 6.29 Å². The molecule has 1 N–H and O–H groups in total. The number of ether oxygens (including phenoxy) is 3. The molecule has 0 heterocycles. The number of rotatable bonds is 7. The highest BCUT2D eigenvalue weighted by atomic mass is 16.7. The predicted molar refractivity (Wildman–Crippen MR) is 70.3 cm³/mol. The minimum Gasteiger partial charge on any atom is -0.386 e. The van der Waals surface area contributed by atoms with Gasteiger partial charge >= 0.3 is 0 Å². The lowest BCUT2D eigenvalue weighted by molar-refractivity contribution is -0.133. The quantitative estimate of drug-likeness (QED) is 0.561. The molecule has 0 unspecified atom stereocenters. The van der Waals surface area contributed by atoms with Crippen LogP contribution in [0.3, 0.4) is 0 Å². The summed E-state index contributed by atoms with van der Waals surface area (Å²) < 4.78 is 15.5. The molecule has 1 aliphatic carbocycles. The van der Waals surface area contributed by atoms with Gasteiger partial charge in [0, 0.05) is 27.8 Å². The molecule has 0 aromatic heterocycles. The zero-order valence-electron chi connectivity index (χ0n) is 11.7. The van der Waals surface area contributed by atoms with Crippen molar-refractivity contribution in [1.82, 2.24) is 0 Å². The largest absolute Gasteiger partial charge is 0.386 e. The van der Waals surface area contributed by atoms with Crippen molar-refractivity contribution in [2.75, 3.05) is 27.9 Å². The minimum absolute atomic E-state index is 0.184. The first-order chi connectivity index (χ1) is 8.66. The molecule has 1 fully saturated rings. The van der Waals surface area contributed by atoms with Crippen molar-refractivity contribution >= 4 is 0 Å². The van der Waals surface area contributed by atoms with E-state index in [0.29, 0.717) is 6.61 Å². The third-order valence-electron chi connectivity index (χ3n) is 3.76. The molecule has 1 rings (SSSR count). The molecular formula is C14H26O4. The highest BCUT2D eigenvalue weighted by molar-refractivity contribution is 5.06. The van der Waals surface area contributed by atoms with E-state index in [2.05, 4.69) is 0 Å². The molecule has 1 aliphatic rings. The molecule has 0 aliphatic heterocycles. The lowest BCUT2D eigenvalue weighted by atomic mass is 9.73. The Morgan fingerprint density at radius 2 is 2.00 bits per heavy atom. The molecule has 0 spiro atoms. The van der Waals surface area contributed by atoms with Gasteiger partial charge in [0.1, 0.15) is 0 Å². The van der Waals surface area contributed by atoms with Crippen LogP contribution in [0.5, 0.6) is 0 Å². The normalized spacial score (nSPS) is 29.3. The summed E-state index contributed by atoms with van der Waals surface area (Å²) in [5, 5.41) is 10.7. The Morgan fingerprint density at radius 3 is 2.61 bits per heavy atom. The Morgan fingerprint density at radius 1 is 1.28 bits per heavy atom. The zero-order valence-corrected chi connectivity index (χ0v) is 11.7. The summed E-state index contributed by atoms with van der Waals surface area (Å²) in [5.41, 5.74) is -0.744. The highest BCUT2D eigenvalue weighted by Crippen LogP contribution is 2.38. The first kappa shape index (κ1) is 15.6. The molecule has 0 aromatic rings. The van der Waals surface area contributed by atoms with E-state index in [1.165, 1.54) is 0 Å². The second-order valence-corrected chi connectivity index (χ2v) is 4.93. The molecule has 0 amide bonds. The van der Waals surface area contributed by atoms with Crippen LogP contribution in [0, 0.1) is 5.92 Å². The van der Waals surface area contributed by atoms with Gasteiger partial charge in [-0.2, -0.15) is 0 Å². The lowest BCUT2D eigenvalue weighted by Gasteiger charge is -2.39. The van der Waals surface area contributed by atoms with Crippen molar-refractivity contribution < 1.29 is 19.3 Å². The second-order valence-electron chi connectivity index (χ2n) is 4.93. The van der Waals surface area contributed by atoms with Crippen LogP contribution in [0.4, 0.5) is 0 Å². The maximum atomic E-state index is 10.7. The molecule has 4 nitrogen and oxygen atoms in total. The Labute approximate surface area is 110 Å². The van der Waals surface area contributed by atoms with E-state index in [1.54, 1.807) is 21.3 Å². The van der Waals surface area contributed by atoms with E-state index < -0.39 is 5.60 Å². The van der Waals surface area contributed by atoms with E-state index >= 15 is 0 Å². The third kappa shape index (κ3) is 4.35. The fourth-order valence-corrected chi connectivity index (χ4v) is 2.66. The van der Waals surface area contributed by atoms with Crippen LogP contribution >= 0.6 is 0 Å². The topological polar surface area (TPSA) is 47.9 Å². The van der Waals surface area contributed by atoms with E-state index in [9.17, 15) is 5.11 Å². The van der Waals surface area contributed by atoms with Gasteiger partial charge in [-0.1, -0.05) is 25.0 Å². The molecule has 4 heteroatoms. The third-order valence-corrected chi connectivity index (χ3v) is 3.76. The Kier molecular flexibility index (Phi) is 6.86. The predicted octanol–water partition coefficient (Wildman–Crippen LogP) is 2.12. The van der Waals surface area contributed by atoms with Crippen molar-refractivity contribution in [1.29, 1.82) is 0 Å². The average molecular weight is 258 g/mol. The van der Waals surface area contributed by atoms with Crippen molar-refractivity contribution in [3.05, 3.63) is 12.2 Å². The van der Waals surface area contributed by atoms with Gasteiger partial charge in [0.2, 0.25) is 0 Å². The van der Waals surface area contributed by atoms with Crippen LogP contribution in [0.15, 0.2) is 12.2 Å². The van der Waals surface area contributed by atoms with Crippen molar-refractivity contribution in [3.8, 4) is 0 Å². The summed E-state index contributed by atoms with van der Waals surface area (Å²) in [5.74, 6) is 0.184. The lowest BCUT2D eigenvalue weighted by Crippen LogP contribution is -2.41. The SMILES string of the molecule is COCC=C[C@@]1(O)CCCC[C@@H]1CC(OC)OC. The number of methoxy groups -OCH3 is 3. The van der Waals surface area contributed by atoms with Crippen molar-refractivity contribution in [2.45, 2.75) is 44.0 Å². The first-order valence-corrected chi connectivity index (χ1v) is 6.61. The Hall–Kier alpha value is -0.420. The molecule has 18 heavy (non-hydrogen) atoms. The second kappa shape index (κ2) is 7.89. The summed E-state index contributed by atoms with van der Waals surface area (Å²) >= 11 is 0. The summed E-state index contributed by atoms with van der Waals surface area (Å²) in [6, 6.07) is 0. The van der Waals surface area contributed by atoms with Gasteiger partial charge in [-0.05, 0) is 18.8 Å². The maximum absolute atomic E-state index is 10.7. The van der Waals surface area contributed by atoms with Gasteiger partial charge in [0.25, 0.3) is 0 Å². The minimum atomic E-state index is -0.744. The summed E-state index contributed by atoms with van der Waals surface area (Å²) in [7, 11) is 4.92. The van der Waals surface area contributed by atoms with Gasteiger partial charge < -0.3 is 19.3 Å². The Balaban J connectivity index is 2.65. The average Bonchev–Trinajstić information content (AvgIpc) is 2.38. The standard InChI is InChI=1S/C14H26O4/c1-16-10-6-9-14(15)8-5-4-7-12(14)11-13(17-2)18-3/h6,9,12-13,15H,4-5,7-8,10-11H2,1-3H3/t12-,14+/m1/s1. The summed E-state index contributed by atoms with van der Waals surface area (Å²) in [6.45, 7) is 0.535. The van der Waals surface area contributed by atoms with E-state index in [4.69, 9.17) is 14.2 Å². The van der Waals surface area contributed by atoms with Gasteiger partial charge in [-0.3, -0.25) is 0 Å². The van der Waals surface area contributed by atoms with E-state index in [-0.39, 0.29) is 12.2 Å². The highest BCUT2D eigenvalue weighted by Gasteiger charge is 2.37. The fraction of sp³-hybridized carbons (Fsp3) is 0.857. The van der Waals surface area contributed by atoms with E-state index in [1.807, 2.05) is 12.2 Å². The van der Waals surface area contributed by atoms with Crippen molar-refractivity contribution in [3.63, 3.8) is 0 Å². The van der Waals surface area contributed by atoms with Crippen LogP contribution < -0.4 is 0 Å². The molecule has 1 saturated carbocycles. The van der Waals surface area contributed by atoms with Crippen LogP contribution in [0.1, 0.15) is 32.1 Å². The van der Waals surface area contributed by atoms with E-state index in [0.717, 1.165) is 32.1 Å². The summed E-state index contributed by atoms with van der Waals surface area (Å²) in [6.07, 6.45) is 8.31. The zero-order chi connectivity index (χ0) is 13.4. The Bertz CT molecular complexity index is 250. The van der Waals surface area contributed by atoms with Crippen molar-refractivity contribution in [2.24, 2.45) is 5.92 Å². The van der Waals surface area contributed by atoms with Crippen LogP contribution in [0.2, 0.25) is 0 Å². The molecule has 2 atom stereocenters. The number of aliphatic hydroxyl groups is 1. The molecule has 0 bridgehead atoms. The van der Waals surface area contributed by atoms with Crippen LogP contribution in [-0.2, 0) is 14.2 Å². The van der Waals surface area contributed by atoms with Crippen LogP contribution in [0.25, 0.3) is 0 Å². The summed E-state index contributed by atoms with van der Waals surface area (Å²) in [4.78, 5) is 0. The first-order valence-electron chi connectivity index (χ1n) is 6.61. The number of hydrogen-bond acceptors (Lipinski definition) is 4. The molecule has 106 valence electrons. The van der Waals surface area contributed by atoms with Gasteiger partial charge in [-0.15, -0.1) is 0 Å². The molecular weight excluding hydrogens is 232 g/mol.